The first-order valence-corrected chi connectivity index (χ1v) is 11.0. The van der Waals surface area contributed by atoms with E-state index in [1.54, 1.807) is 12.1 Å². The fourth-order valence-electron chi connectivity index (χ4n) is 4.49. The molecule has 1 saturated carbocycles. The van der Waals surface area contributed by atoms with Gasteiger partial charge in [0.2, 0.25) is 5.75 Å². The third kappa shape index (κ3) is 6.68. The summed E-state index contributed by atoms with van der Waals surface area (Å²) in [5.74, 6) is -2.16. The highest BCUT2D eigenvalue weighted by Gasteiger charge is 2.34. The molecule has 2 aromatic rings. The second-order valence-corrected chi connectivity index (χ2v) is 8.98. The molecule has 0 heterocycles. The molecule has 0 saturated heterocycles. The third-order valence-corrected chi connectivity index (χ3v) is 6.17. The van der Waals surface area contributed by atoms with E-state index in [0.717, 1.165) is 36.8 Å². The largest absolute Gasteiger partial charge is 0.573 e. The highest BCUT2D eigenvalue weighted by Crippen LogP contribution is 2.39. The van der Waals surface area contributed by atoms with Crippen LogP contribution in [-0.2, 0) is 0 Å². The maximum Gasteiger partial charge on any atom is 0.573 e. The maximum atomic E-state index is 14.0. The Morgan fingerprint density at radius 2 is 1.48 bits per heavy atom. The quantitative estimate of drug-likeness (QED) is 0.392. The van der Waals surface area contributed by atoms with Crippen LogP contribution in [0.1, 0.15) is 70.3 Å². The number of hydrogen-bond acceptors (Lipinski definition) is 1. The van der Waals surface area contributed by atoms with Gasteiger partial charge in [-0.05, 0) is 72.3 Å². The van der Waals surface area contributed by atoms with Gasteiger partial charge < -0.3 is 4.74 Å². The van der Waals surface area contributed by atoms with E-state index in [9.17, 15) is 22.0 Å². The maximum absolute atomic E-state index is 14.0. The molecule has 1 fully saturated rings. The van der Waals surface area contributed by atoms with Gasteiger partial charge in [-0.2, -0.15) is 0 Å². The monoisotopic (exact) mass is 440 g/mol. The molecule has 0 N–H and O–H groups in total. The van der Waals surface area contributed by atoms with Gasteiger partial charge in [0.1, 0.15) is 0 Å². The fourth-order valence-corrected chi connectivity index (χ4v) is 4.49. The molecule has 0 bridgehead atoms. The van der Waals surface area contributed by atoms with Crippen LogP contribution in [0.2, 0.25) is 0 Å². The second-order valence-electron chi connectivity index (χ2n) is 8.98. The summed E-state index contributed by atoms with van der Waals surface area (Å²) >= 11 is 0. The summed E-state index contributed by atoms with van der Waals surface area (Å²) in [6, 6.07) is 9.16. The Hall–Kier alpha value is -2.11. The van der Waals surface area contributed by atoms with E-state index < -0.39 is 23.7 Å². The molecule has 31 heavy (non-hydrogen) atoms. The topological polar surface area (TPSA) is 9.23 Å². The standard InChI is InChI=1S/C25H29F5O/c1-16(2)4-3-5-17-6-8-18(9-7-17)19-10-12-20(13-11-19)21-14-22(26)24(23(27)15-21)31-25(28,29)30/h10-18H,3-9H2,1-2H3. The minimum atomic E-state index is -5.15. The molecule has 3 rings (SSSR count). The smallest absolute Gasteiger partial charge is 0.399 e. The van der Waals surface area contributed by atoms with Gasteiger partial charge in [-0.3, -0.25) is 0 Å². The summed E-state index contributed by atoms with van der Waals surface area (Å²) < 4.78 is 68.4. The van der Waals surface area contributed by atoms with Crippen LogP contribution in [0.4, 0.5) is 22.0 Å². The molecule has 2 aromatic carbocycles. The fraction of sp³-hybridized carbons (Fsp3) is 0.520. The summed E-state index contributed by atoms with van der Waals surface area (Å²) in [4.78, 5) is 0. The molecule has 0 aromatic heterocycles. The molecule has 1 aliphatic carbocycles. The Morgan fingerprint density at radius 1 is 0.903 bits per heavy atom. The van der Waals surface area contributed by atoms with E-state index in [1.165, 1.54) is 37.7 Å². The van der Waals surface area contributed by atoms with Gasteiger partial charge in [-0.15, -0.1) is 13.2 Å². The summed E-state index contributed by atoms with van der Waals surface area (Å²) in [6.07, 6.45) is 3.45. The normalized spacial score (nSPS) is 19.6. The van der Waals surface area contributed by atoms with E-state index in [-0.39, 0.29) is 5.56 Å². The number of ether oxygens (including phenoxy) is 1. The molecule has 6 heteroatoms. The van der Waals surface area contributed by atoms with Crippen molar-refractivity contribution in [1.29, 1.82) is 0 Å². The van der Waals surface area contributed by atoms with Crippen LogP contribution in [0, 0.1) is 23.5 Å². The van der Waals surface area contributed by atoms with Crippen LogP contribution < -0.4 is 4.74 Å². The van der Waals surface area contributed by atoms with Crippen molar-refractivity contribution in [2.24, 2.45) is 11.8 Å². The molecule has 1 nitrogen and oxygen atoms in total. The Labute approximate surface area is 180 Å². The van der Waals surface area contributed by atoms with Gasteiger partial charge in [-0.25, -0.2) is 8.78 Å². The first kappa shape index (κ1) is 23.6. The average Bonchev–Trinajstić information content (AvgIpc) is 2.70. The SMILES string of the molecule is CC(C)CCCC1CCC(c2ccc(-c3cc(F)c(OC(F)(F)F)c(F)c3)cc2)CC1. The number of rotatable bonds is 7. The van der Waals surface area contributed by atoms with Crippen LogP contribution >= 0.6 is 0 Å². The number of halogens is 5. The zero-order valence-electron chi connectivity index (χ0n) is 17.9. The van der Waals surface area contributed by atoms with Crippen molar-refractivity contribution in [3.8, 4) is 16.9 Å². The molecule has 0 spiro atoms. The molecular weight excluding hydrogens is 411 g/mol. The van der Waals surface area contributed by atoms with Crippen LogP contribution in [0.5, 0.6) is 5.75 Å². The molecule has 1 aliphatic rings. The van der Waals surface area contributed by atoms with Crippen LogP contribution in [0.15, 0.2) is 36.4 Å². The molecule has 0 radical (unpaired) electrons. The van der Waals surface area contributed by atoms with E-state index in [2.05, 4.69) is 18.6 Å². The van der Waals surface area contributed by atoms with Crippen molar-refractivity contribution in [2.75, 3.05) is 0 Å². The minimum absolute atomic E-state index is 0.171. The zero-order chi connectivity index (χ0) is 22.6. The van der Waals surface area contributed by atoms with E-state index in [0.29, 0.717) is 11.5 Å². The van der Waals surface area contributed by atoms with Crippen molar-refractivity contribution in [3.05, 3.63) is 53.6 Å². The average molecular weight is 440 g/mol. The predicted molar refractivity (Wildman–Crippen MR) is 112 cm³/mol. The van der Waals surface area contributed by atoms with Crippen molar-refractivity contribution in [3.63, 3.8) is 0 Å². The Morgan fingerprint density at radius 3 is 2.00 bits per heavy atom. The van der Waals surface area contributed by atoms with Crippen molar-refractivity contribution in [1.82, 2.24) is 0 Å². The Balaban J connectivity index is 1.62. The van der Waals surface area contributed by atoms with E-state index in [4.69, 9.17) is 0 Å². The summed E-state index contributed by atoms with van der Waals surface area (Å²) in [5.41, 5.74) is 1.91. The number of hydrogen-bond donors (Lipinski definition) is 0. The first-order chi connectivity index (χ1) is 14.6. The van der Waals surface area contributed by atoms with Gasteiger partial charge in [-0.1, -0.05) is 57.4 Å². The van der Waals surface area contributed by atoms with Gasteiger partial charge in [0, 0.05) is 0 Å². The predicted octanol–water partition coefficient (Wildman–Crippen LogP) is 8.63. The molecule has 0 amide bonds. The Bertz CT molecular complexity index is 826. The van der Waals surface area contributed by atoms with Gasteiger partial charge >= 0.3 is 6.36 Å². The second kappa shape index (κ2) is 10.0. The number of benzene rings is 2. The lowest BCUT2D eigenvalue weighted by atomic mass is 9.76. The van der Waals surface area contributed by atoms with Gasteiger partial charge in [0.15, 0.2) is 11.6 Å². The number of alkyl halides is 3. The van der Waals surface area contributed by atoms with E-state index >= 15 is 0 Å². The highest BCUT2D eigenvalue weighted by atomic mass is 19.4. The lowest BCUT2D eigenvalue weighted by Gasteiger charge is -2.29. The minimum Gasteiger partial charge on any atom is -0.399 e. The molecule has 170 valence electrons. The van der Waals surface area contributed by atoms with Crippen molar-refractivity contribution in [2.45, 2.75) is 71.1 Å². The summed E-state index contributed by atoms with van der Waals surface area (Å²) in [7, 11) is 0. The van der Waals surface area contributed by atoms with Crippen LogP contribution in [-0.4, -0.2) is 6.36 Å². The van der Waals surface area contributed by atoms with Gasteiger partial charge in [0.25, 0.3) is 0 Å². The summed E-state index contributed by atoms with van der Waals surface area (Å²) in [5, 5.41) is 0. The zero-order valence-corrected chi connectivity index (χ0v) is 17.9. The molecular formula is C25H29F5O. The lowest BCUT2D eigenvalue weighted by Crippen LogP contribution is -2.19. The highest BCUT2D eigenvalue weighted by molar-refractivity contribution is 5.65. The van der Waals surface area contributed by atoms with Crippen molar-refractivity contribution >= 4 is 0 Å². The molecule has 0 unspecified atom stereocenters. The van der Waals surface area contributed by atoms with Crippen LogP contribution in [0.3, 0.4) is 0 Å². The van der Waals surface area contributed by atoms with Crippen LogP contribution in [0.25, 0.3) is 11.1 Å². The molecule has 0 aliphatic heterocycles. The Kier molecular flexibility index (Phi) is 7.60. The van der Waals surface area contributed by atoms with Crippen molar-refractivity contribution < 1.29 is 26.7 Å². The lowest BCUT2D eigenvalue weighted by molar-refractivity contribution is -0.276. The summed E-state index contributed by atoms with van der Waals surface area (Å²) in [6.45, 7) is 4.52. The van der Waals surface area contributed by atoms with Gasteiger partial charge in [0.05, 0.1) is 0 Å². The van der Waals surface area contributed by atoms with E-state index in [1.807, 2.05) is 12.1 Å². The first-order valence-electron chi connectivity index (χ1n) is 11.0. The third-order valence-electron chi connectivity index (χ3n) is 6.17. The molecule has 0 atom stereocenters.